The van der Waals surface area contributed by atoms with E-state index in [9.17, 15) is 0 Å². The fourth-order valence-corrected chi connectivity index (χ4v) is 4.30. The number of nitrogens with zero attached hydrogens (tertiary/aromatic N) is 2. The second-order valence-corrected chi connectivity index (χ2v) is 8.29. The molecule has 0 N–H and O–H groups in total. The number of hydrogen-bond acceptors (Lipinski definition) is 1. The van der Waals surface area contributed by atoms with Crippen LogP contribution >= 0.6 is 0 Å². The van der Waals surface area contributed by atoms with Crippen molar-refractivity contribution in [3.63, 3.8) is 0 Å². The molecular formula is C26H42Cl2N2O. The van der Waals surface area contributed by atoms with Crippen molar-refractivity contribution >= 4 is 0 Å². The van der Waals surface area contributed by atoms with Crippen molar-refractivity contribution in [1.82, 2.24) is 0 Å². The number of quaternary nitrogens is 2. The Balaban J connectivity index is 0.00000450. The Labute approximate surface area is 203 Å². The molecule has 2 rings (SSSR count). The average molecular weight is 470 g/mol. The quantitative estimate of drug-likeness (QED) is 0.360. The molecule has 0 heterocycles. The summed E-state index contributed by atoms with van der Waals surface area (Å²) >= 11 is 0. The van der Waals surface area contributed by atoms with E-state index in [-0.39, 0.29) is 24.8 Å². The molecule has 0 fully saturated rings. The van der Waals surface area contributed by atoms with Crippen LogP contribution in [0.1, 0.15) is 45.7 Å². The van der Waals surface area contributed by atoms with E-state index in [2.05, 4.69) is 89.2 Å². The van der Waals surface area contributed by atoms with Crippen LogP contribution in [0.2, 0.25) is 0 Å². The van der Waals surface area contributed by atoms with E-state index in [0.29, 0.717) is 0 Å². The van der Waals surface area contributed by atoms with Crippen molar-refractivity contribution in [3.05, 3.63) is 65.7 Å². The molecule has 176 valence electrons. The molecular weight excluding hydrogens is 427 g/mol. The van der Waals surface area contributed by atoms with Crippen LogP contribution < -0.4 is 29.6 Å². The highest BCUT2D eigenvalue weighted by molar-refractivity contribution is 5.28. The van der Waals surface area contributed by atoms with Gasteiger partial charge in [-0.25, -0.2) is 0 Å². The normalized spacial score (nSPS) is 11.4. The summed E-state index contributed by atoms with van der Waals surface area (Å²) < 4.78 is 8.43. The molecule has 2 aromatic rings. The predicted octanol–water partition coefficient (Wildman–Crippen LogP) is -0.493. The molecule has 0 aliphatic rings. The predicted molar refractivity (Wildman–Crippen MR) is 124 cm³/mol. The Morgan fingerprint density at radius 3 is 1.68 bits per heavy atom. The molecule has 2 aromatic carbocycles. The topological polar surface area (TPSA) is 9.23 Å². The van der Waals surface area contributed by atoms with E-state index in [1.165, 1.54) is 30.8 Å². The lowest BCUT2D eigenvalue weighted by Gasteiger charge is -2.37. The van der Waals surface area contributed by atoms with Gasteiger partial charge in [-0.1, -0.05) is 42.5 Å². The standard InChI is InChI=1S/C26H42N2O.2ClH/c1-6-27(7-2,8-3)23-25-17-14-18-26(21-25)29-20-19-28(9-4,10-5)22-24-15-12-11-13-16-24;;/h11-18,21H,6-10,19-20,22-23H2,1-5H3;2*1H/q+2;;/p-2. The van der Waals surface area contributed by atoms with Gasteiger partial charge in [-0.3, -0.25) is 0 Å². The first-order valence-electron chi connectivity index (χ1n) is 11.5. The number of likely N-dealkylation sites (N-methyl/N-ethyl adjacent to an activating group) is 1. The van der Waals surface area contributed by atoms with E-state index in [1.807, 2.05) is 0 Å². The molecule has 0 unspecified atom stereocenters. The SMILES string of the molecule is CC[N+](CC)(CC)Cc1cccc(OCC[N+](CC)(CC)Cc2ccccc2)c1.[Cl-].[Cl-]. The van der Waals surface area contributed by atoms with Crippen molar-refractivity contribution in [2.75, 3.05) is 45.9 Å². The molecule has 0 aromatic heterocycles. The summed E-state index contributed by atoms with van der Waals surface area (Å²) in [5.41, 5.74) is 2.79. The van der Waals surface area contributed by atoms with E-state index >= 15 is 0 Å². The monoisotopic (exact) mass is 468 g/mol. The average Bonchev–Trinajstić information content (AvgIpc) is 2.78. The molecule has 0 aliphatic carbocycles. The molecule has 5 heteroatoms. The maximum absolute atomic E-state index is 6.24. The second kappa shape index (κ2) is 14.7. The van der Waals surface area contributed by atoms with Gasteiger partial charge in [-0.05, 0) is 46.8 Å². The first-order valence-corrected chi connectivity index (χ1v) is 11.5. The minimum atomic E-state index is 0. The van der Waals surface area contributed by atoms with Gasteiger partial charge in [0.15, 0.2) is 0 Å². The third kappa shape index (κ3) is 8.65. The van der Waals surface area contributed by atoms with Gasteiger partial charge in [0.25, 0.3) is 0 Å². The molecule has 31 heavy (non-hydrogen) atoms. The summed E-state index contributed by atoms with van der Waals surface area (Å²) in [5, 5.41) is 0. The lowest BCUT2D eigenvalue weighted by Crippen LogP contribution is -3.00. The van der Waals surface area contributed by atoms with Crippen molar-refractivity contribution in [2.45, 2.75) is 47.7 Å². The van der Waals surface area contributed by atoms with Gasteiger partial charge in [0.05, 0.1) is 32.7 Å². The van der Waals surface area contributed by atoms with Gasteiger partial charge in [-0.15, -0.1) is 0 Å². The molecule has 0 saturated heterocycles. The van der Waals surface area contributed by atoms with Crippen LogP contribution in [0.4, 0.5) is 0 Å². The van der Waals surface area contributed by atoms with E-state index < -0.39 is 0 Å². The van der Waals surface area contributed by atoms with Crippen LogP contribution in [0.3, 0.4) is 0 Å². The molecule has 0 saturated carbocycles. The third-order valence-corrected chi connectivity index (χ3v) is 6.97. The second-order valence-electron chi connectivity index (χ2n) is 8.29. The molecule has 3 nitrogen and oxygen atoms in total. The largest absolute Gasteiger partial charge is 1.00 e. The summed E-state index contributed by atoms with van der Waals surface area (Å²) in [6.07, 6.45) is 0. The zero-order valence-electron chi connectivity index (χ0n) is 20.1. The highest BCUT2D eigenvalue weighted by Gasteiger charge is 2.24. The Morgan fingerprint density at radius 1 is 0.613 bits per heavy atom. The van der Waals surface area contributed by atoms with Crippen molar-refractivity contribution < 1.29 is 38.5 Å². The zero-order chi connectivity index (χ0) is 21.2. The molecule has 0 amide bonds. The van der Waals surface area contributed by atoms with Gasteiger partial charge in [0.1, 0.15) is 32.0 Å². The lowest BCUT2D eigenvalue weighted by atomic mass is 10.1. The molecule has 0 bridgehead atoms. The summed E-state index contributed by atoms with van der Waals surface area (Å²) in [7, 11) is 0. The lowest BCUT2D eigenvalue weighted by molar-refractivity contribution is -0.937. The minimum Gasteiger partial charge on any atom is -1.00 e. The highest BCUT2D eigenvalue weighted by Crippen LogP contribution is 2.20. The van der Waals surface area contributed by atoms with E-state index in [0.717, 1.165) is 54.0 Å². The van der Waals surface area contributed by atoms with Gasteiger partial charge >= 0.3 is 0 Å². The third-order valence-electron chi connectivity index (χ3n) is 6.97. The van der Waals surface area contributed by atoms with Crippen molar-refractivity contribution in [1.29, 1.82) is 0 Å². The first kappa shape index (κ1) is 29.7. The highest BCUT2D eigenvalue weighted by atomic mass is 35.5. The number of benzene rings is 2. The Bertz CT molecular complexity index is 708. The first-order chi connectivity index (χ1) is 14.0. The number of ether oxygens (including phenoxy) is 1. The Kier molecular flexibility index (Phi) is 14.1. The van der Waals surface area contributed by atoms with Crippen LogP contribution in [0.25, 0.3) is 0 Å². The smallest absolute Gasteiger partial charge is 0.137 e. The van der Waals surface area contributed by atoms with E-state index in [4.69, 9.17) is 4.74 Å². The van der Waals surface area contributed by atoms with Crippen molar-refractivity contribution in [2.24, 2.45) is 0 Å². The van der Waals surface area contributed by atoms with Gasteiger partial charge in [0.2, 0.25) is 0 Å². The van der Waals surface area contributed by atoms with Crippen LogP contribution in [0, 0.1) is 0 Å². The zero-order valence-corrected chi connectivity index (χ0v) is 21.6. The summed E-state index contributed by atoms with van der Waals surface area (Å²) in [6, 6.07) is 19.6. The summed E-state index contributed by atoms with van der Waals surface area (Å²) in [4.78, 5) is 0. The van der Waals surface area contributed by atoms with Gasteiger partial charge in [0, 0.05) is 11.1 Å². The molecule has 0 aliphatic heterocycles. The van der Waals surface area contributed by atoms with Crippen molar-refractivity contribution in [3.8, 4) is 5.75 Å². The van der Waals surface area contributed by atoms with Crippen LogP contribution in [-0.4, -0.2) is 54.8 Å². The summed E-state index contributed by atoms with van der Waals surface area (Å²) in [6.45, 7) is 21.2. The Morgan fingerprint density at radius 2 is 1.13 bits per heavy atom. The van der Waals surface area contributed by atoms with Crippen LogP contribution in [0.15, 0.2) is 54.6 Å². The molecule has 0 spiro atoms. The van der Waals surface area contributed by atoms with Crippen LogP contribution in [-0.2, 0) is 13.1 Å². The van der Waals surface area contributed by atoms with E-state index in [1.54, 1.807) is 0 Å². The van der Waals surface area contributed by atoms with Gasteiger partial charge in [-0.2, -0.15) is 0 Å². The molecule has 0 atom stereocenters. The maximum Gasteiger partial charge on any atom is 0.137 e. The number of halogens is 2. The number of hydrogen-bond donors (Lipinski definition) is 0. The maximum atomic E-state index is 6.24. The fourth-order valence-electron chi connectivity index (χ4n) is 4.30. The van der Waals surface area contributed by atoms with Crippen LogP contribution in [0.5, 0.6) is 5.75 Å². The molecule has 0 radical (unpaired) electrons. The minimum absolute atomic E-state index is 0. The number of rotatable bonds is 13. The van der Waals surface area contributed by atoms with Gasteiger partial charge < -0.3 is 38.5 Å². The fraction of sp³-hybridized carbons (Fsp3) is 0.538. The summed E-state index contributed by atoms with van der Waals surface area (Å²) in [5.74, 6) is 1.01. The Hall–Kier alpha value is -1.26.